The highest BCUT2D eigenvalue weighted by atomic mass is 35.5. The van der Waals surface area contributed by atoms with E-state index in [1.54, 1.807) is 6.07 Å². The highest BCUT2D eigenvalue weighted by Gasteiger charge is 2.30. The Morgan fingerprint density at radius 1 is 1.43 bits per heavy atom. The molecule has 0 saturated heterocycles. The number of nitrogens with zero attached hydrogens (tertiary/aromatic N) is 4. The zero-order valence-corrected chi connectivity index (χ0v) is 12.4. The number of halogens is 1. The second-order valence-corrected chi connectivity index (χ2v) is 6.49. The fraction of sp³-hybridized carbons (Fsp3) is 0.333. The number of carbonyl (C=O) groups is 1. The smallest absolute Gasteiger partial charge is 0.245 e. The van der Waals surface area contributed by atoms with E-state index >= 15 is 0 Å². The molecule has 1 aliphatic heterocycles. The van der Waals surface area contributed by atoms with Crippen LogP contribution in [-0.4, -0.2) is 26.1 Å². The Balaban J connectivity index is 1.68. The average molecular weight is 323 g/mol. The van der Waals surface area contributed by atoms with Gasteiger partial charge in [0.05, 0.1) is 11.1 Å². The molecule has 108 valence electrons. The van der Waals surface area contributed by atoms with Gasteiger partial charge in [-0.05, 0) is 47.2 Å². The van der Waals surface area contributed by atoms with E-state index in [0.29, 0.717) is 21.9 Å². The second-order valence-electron chi connectivity index (χ2n) is 5.08. The van der Waals surface area contributed by atoms with Crippen LogP contribution in [0.3, 0.4) is 0 Å². The Kier molecular flexibility index (Phi) is 2.91. The van der Waals surface area contributed by atoms with Crippen LogP contribution in [0.15, 0.2) is 22.2 Å². The molecule has 1 saturated carbocycles. The minimum Gasteiger partial charge on any atom is -0.324 e. The van der Waals surface area contributed by atoms with Crippen molar-refractivity contribution in [2.75, 3.05) is 5.32 Å². The number of nitrogens with two attached hydrogens (primary N) is 1. The summed E-state index contributed by atoms with van der Waals surface area (Å²) in [5, 5.41) is 15.7. The lowest BCUT2D eigenvalue weighted by Gasteiger charge is -2.08. The van der Waals surface area contributed by atoms with Crippen molar-refractivity contribution >= 4 is 35.0 Å². The highest BCUT2D eigenvalue weighted by Crippen LogP contribution is 2.42. The van der Waals surface area contributed by atoms with Crippen LogP contribution in [0, 0.1) is 0 Å². The van der Waals surface area contributed by atoms with Crippen molar-refractivity contribution in [3.8, 4) is 0 Å². The fourth-order valence-corrected chi connectivity index (χ4v) is 3.44. The number of tetrazole rings is 1. The van der Waals surface area contributed by atoms with Gasteiger partial charge < -0.3 is 11.1 Å². The second kappa shape index (κ2) is 4.69. The summed E-state index contributed by atoms with van der Waals surface area (Å²) in [6.45, 7) is 0. The lowest BCUT2D eigenvalue weighted by molar-refractivity contribution is -0.116. The summed E-state index contributed by atoms with van der Waals surface area (Å²) in [6, 6.07) is 3.28. The first-order valence-electron chi connectivity index (χ1n) is 6.49. The molecule has 3 N–H and O–H groups in total. The van der Waals surface area contributed by atoms with E-state index in [4.69, 9.17) is 17.3 Å². The van der Waals surface area contributed by atoms with Crippen LogP contribution in [0.2, 0.25) is 5.02 Å². The average Bonchev–Trinajstić information content (AvgIpc) is 3.14. The number of amides is 1. The van der Waals surface area contributed by atoms with Crippen molar-refractivity contribution in [1.82, 2.24) is 20.2 Å². The Bertz CT molecular complexity index is 743. The van der Waals surface area contributed by atoms with Gasteiger partial charge >= 0.3 is 0 Å². The quantitative estimate of drug-likeness (QED) is 0.893. The molecule has 0 radical (unpaired) electrons. The van der Waals surface area contributed by atoms with E-state index in [-0.39, 0.29) is 5.91 Å². The number of nitrogens with one attached hydrogen (secondary N) is 1. The summed E-state index contributed by atoms with van der Waals surface area (Å²) in [4.78, 5) is 12.4. The van der Waals surface area contributed by atoms with Gasteiger partial charge in [-0.2, -0.15) is 0 Å². The molecular weight excluding hydrogens is 312 g/mol. The third kappa shape index (κ3) is 2.19. The van der Waals surface area contributed by atoms with Crippen molar-refractivity contribution in [3.05, 3.63) is 22.7 Å². The van der Waals surface area contributed by atoms with Crippen LogP contribution >= 0.6 is 23.4 Å². The third-order valence-corrected chi connectivity index (χ3v) is 4.97. The summed E-state index contributed by atoms with van der Waals surface area (Å²) in [5.41, 5.74) is 7.22. The van der Waals surface area contributed by atoms with Gasteiger partial charge in [-0.1, -0.05) is 11.6 Å². The van der Waals surface area contributed by atoms with Crippen LogP contribution in [0.4, 0.5) is 5.69 Å². The minimum atomic E-state index is -0.659. The van der Waals surface area contributed by atoms with E-state index in [1.807, 2.05) is 10.7 Å². The van der Waals surface area contributed by atoms with E-state index in [0.717, 1.165) is 23.3 Å². The molecule has 1 aliphatic carbocycles. The van der Waals surface area contributed by atoms with Crippen molar-refractivity contribution in [1.29, 1.82) is 0 Å². The molecule has 1 amide bonds. The zero-order valence-electron chi connectivity index (χ0n) is 10.8. The van der Waals surface area contributed by atoms with Gasteiger partial charge in [-0.3, -0.25) is 4.79 Å². The van der Waals surface area contributed by atoms with Crippen molar-refractivity contribution in [3.63, 3.8) is 0 Å². The van der Waals surface area contributed by atoms with E-state index < -0.39 is 6.04 Å². The van der Waals surface area contributed by atoms with Gasteiger partial charge in [0.15, 0.2) is 0 Å². The SMILES string of the molecule is NC1C(=O)Nc2cc(Sc3nnnn3C3CC3)c(Cl)cc21. The first kappa shape index (κ1) is 13.1. The molecule has 2 heterocycles. The number of aromatic nitrogens is 4. The number of carbonyl (C=O) groups excluding carboxylic acids is 1. The molecule has 0 spiro atoms. The maximum absolute atomic E-state index is 11.6. The molecule has 7 nitrogen and oxygen atoms in total. The molecule has 2 aliphatic rings. The minimum absolute atomic E-state index is 0.217. The molecule has 4 rings (SSSR count). The Labute approximate surface area is 129 Å². The van der Waals surface area contributed by atoms with Gasteiger partial charge in [-0.15, -0.1) is 5.10 Å². The summed E-state index contributed by atoms with van der Waals surface area (Å²) in [6.07, 6.45) is 2.20. The molecule has 1 aromatic carbocycles. The number of benzene rings is 1. The number of rotatable bonds is 3. The van der Waals surface area contributed by atoms with E-state index in [9.17, 15) is 4.79 Å². The predicted molar refractivity (Wildman–Crippen MR) is 77.2 cm³/mol. The third-order valence-electron chi connectivity index (χ3n) is 3.54. The molecule has 1 atom stereocenters. The predicted octanol–water partition coefficient (Wildman–Crippen LogP) is 1.76. The normalized spacial score (nSPS) is 20.5. The first-order valence-corrected chi connectivity index (χ1v) is 7.68. The maximum atomic E-state index is 11.6. The van der Waals surface area contributed by atoms with Crippen LogP contribution in [0.1, 0.15) is 30.5 Å². The lowest BCUT2D eigenvalue weighted by atomic mass is 10.1. The van der Waals surface area contributed by atoms with Crippen molar-refractivity contribution in [2.24, 2.45) is 5.73 Å². The first-order chi connectivity index (χ1) is 10.1. The van der Waals surface area contributed by atoms with Crippen LogP contribution < -0.4 is 11.1 Å². The van der Waals surface area contributed by atoms with Crippen molar-refractivity contribution < 1.29 is 4.79 Å². The van der Waals surface area contributed by atoms with Crippen LogP contribution in [0.25, 0.3) is 0 Å². The summed E-state index contributed by atoms with van der Waals surface area (Å²) >= 11 is 7.68. The van der Waals surface area contributed by atoms with Gasteiger partial charge in [0.2, 0.25) is 11.1 Å². The Morgan fingerprint density at radius 3 is 3.00 bits per heavy atom. The van der Waals surface area contributed by atoms with Gasteiger partial charge in [0.1, 0.15) is 6.04 Å². The molecule has 9 heteroatoms. The molecule has 1 aromatic heterocycles. The standard InChI is InChI=1S/C12H11ClN6OS/c13-7-3-6-8(15-11(20)10(6)14)4-9(7)21-12-16-17-18-19(12)5-1-2-5/h3-5,10H,1-2,14H2,(H,15,20). The molecular formula is C12H11ClN6OS. The molecule has 1 unspecified atom stereocenters. The topological polar surface area (TPSA) is 98.7 Å². The summed E-state index contributed by atoms with van der Waals surface area (Å²) < 4.78 is 1.82. The molecule has 21 heavy (non-hydrogen) atoms. The maximum Gasteiger partial charge on any atom is 0.245 e. The lowest BCUT2D eigenvalue weighted by Crippen LogP contribution is -2.19. The summed E-state index contributed by atoms with van der Waals surface area (Å²) in [7, 11) is 0. The molecule has 1 fully saturated rings. The Hall–Kier alpha value is -1.64. The zero-order chi connectivity index (χ0) is 14.6. The number of anilines is 1. The summed E-state index contributed by atoms with van der Waals surface area (Å²) in [5.74, 6) is -0.217. The molecule has 2 aromatic rings. The Morgan fingerprint density at radius 2 is 2.24 bits per heavy atom. The number of hydrogen-bond acceptors (Lipinski definition) is 6. The fourth-order valence-electron chi connectivity index (χ4n) is 2.26. The van der Waals surface area contributed by atoms with Crippen LogP contribution in [-0.2, 0) is 4.79 Å². The van der Waals surface area contributed by atoms with Gasteiger partial charge in [-0.25, -0.2) is 4.68 Å². The number of fused-ring (bicyclic) bond motifs is 1. The largest absolute Gasteiger partial charge is 0.324 e. The monoisotopic (exact) mass is 322 g/mol. The van der Waals surface area contributed by atoms with E-state index in [1.165, 1.54) is 11.8 Å². The van der Waals surface area contributed by atoms with E-state index in [2.05, 4.69) is 20.8 Å². The van der Waals surface area contributed by atoms with Crippen molar-refractivity contribution in [2.45, 2.75) is 35.0 Å². The molecule has 0 bridgehead atoms. The highest BCUT2D eigenvalue weighted by molar-refractivity contribution is 7.99. The van der Waals surface area contributed by atoms with Crippen LogP contribution in [0.5, 0.6) is 0 Å². The van der Waals surface area contributed by atoms with Gasteiger partial charge in [0, 0.05) is 16.1 Å². The number of hydrogen-bond donors (Lipinski definition) is 2. The van der Waals surface area contributed by atoms with Gasteiger partial charge in [0.25, 0.3) is 0 Å².